The average molecular weight is 1450 g/mol. The number of unbranched alkanes of at least 4 members (excludes halogenated alkanes) is 42. The molecule has 17 nitrogen and oxygen atoms in total. The summed E-state index contributed by atoms with van der Waals surface area (Å²) in [4.78, 5) is 73.0. The lowest BCUT2D eigenvalue weighted by Crippen LogP contribution is -2.30. The number of aliphatic hydroxyl groups excluding tert-OH is 1. The number of aliphatic hydroxyl groups is 1. The first-order valence-electron chi connectivity index (χ1n) is 41.2. The van der Waals surface area contributed by atoms with Crippen LogP contribution in [0.5, 0.6) is 0 Å². The minimum Gasteiger partial charge on any atom is -0.462 e. The Morgan fingerprint density at radius 1 is 0.283 bits per heavy atom. The standard InChI is InChI=1S/C80H156O17P2/c1-9-73(8)59-51-43-35-29-30-36-44-52-60-77(82)90-66-75(96-79(84)62-55-47-38-28-24-20-16-12-14-18-22-26-33-41-49-57-71(4)5)68-94-98(86,87)92-64-74(81)65-93-99(88,89)95-69-76(67-91-78(83)61-53-45-39-31-34-42-50-58-72(6)7)97-80(85)63-54-46-37-27-23-19-15-11-10-13-17-21-25-32-40-48-56-70(2)3/h70-76,81H,9-69H2,1-8H3,(H,86,87)(H,88,89)/t73?,74?,75-,76-/m1/s1. The number of carbonyl (C=O) groups is 4. The number of carbonyl (C=O) groups excluding carboxylic acids is 4. The highest BCUT2D eigenvalue weighted by atomic mass is 31.2. The quantitative estimate of drug-likeness (QED) is 0.0222. The highest BCUT2D eigenvalue weighted by Gasteiger charge is 2.30. The van der Waals surface area contributed by atoms with Gasteiger partial charge in [-0.1, -0.05) is 357 Å². The Hall–Kier alpha value is -1.94. The maximum Gasteiger partial charge on any atom is 0.472 e. The van der Waals surface area contributed by atoms with Crippen molar-refractivity contribution in [3.8, 4) is 0 Å². The van der Waals surface area contributed by atoms with Gasteiger partial charge in [-0.2, -0.15) is 0 Å². The molecule has 0 fully saturated rings. The summed E-state index contributed by atoms with van der Waals surface area (Å²) in [5.74, 6) is 0.978. The van der Waals surface area contributed by atoms with E-state index in [1.54, 1.807) is 0 Å². The number of ether oxygens (including phenoxy) is 4. The second kappa shape index (κ2) is 69.1. The maximum atomic E-state index is 13.1. The second-order valence-corrected chi connectivity index (χ2v) is 33.4. The van der Waals surface area contributed by atoms with E-state index in [9.17, 15) is 43.2 Å². The minimum absolute atomic E-state index is 0.107. The zero-order chi connectivity index (χ0) is 73.1. The van der Waals surface area contributed by atoms with Crippen molar-refractivity contribution in [3.63, 3.8) is 0 Å². The number of esters is 4. The molecule has 99 heavy (non-hydrogen) atoms. The molecule has 0 saturated heterocycles. The first-order chi connectivity index (χ1) is 47.6. The van der Waals surface area contributed by atoms with Gasteiger partial charge in [-0.25, -0.2) is 9.13 Å². The molecule has 588 valence electrons. The molecule has 19 heteroatoms. The number of phosphoric ester groups is 2. The summed E-state index contributed by atoms with van der Waals surface area (Å²) in [6.45, 7) is 14.2. The summed E-state index contributed by atoms with van der Waals surface area (Å²) in [7, 11) is -9.92. The van der Waals surface area contributed by atoms with Crippen LogP contribution in [-0.4, -0.2) is 96.7 Å². The topological polar surface area (TPSA) is 237 Å². The predicted octanol–water partition coefficient (Wildman–Crippen LogP) is 23.6. The smallest absolute Gasteiger partial charge is 0.462 e. The number of hydrogen-bond donors (Lipinski definition) is 3. The van der Waals surface area contributed by atoms with E-state index >= 15 is 0 Å². The molecule has 0 aliphatic heterocycles. The van der Waals surface area contributed by atoms with Crippen molar-refractivity contribution in [2.24, 2.45) is 23.7 Å². The molecule has 0 aromatic rings. The third-order valence-corrected chi connectivity index (χ3v) is 20.8. The SMILES string of the molecule is CCC(C)CCCCCCCCCCC(=O)OC[C@H](COP(=O)(O)OCC(O)COP(=O)(O)OC[C@@H](COC(=O)CCCCCCCCCC(C)C)OC(=O)CCCCCCCCCCCCCCCCCCC(C)C)OC(=O)CCCCCCCCCCCCCCCCCC(C)C. The summed E-state index contributed by atoms with van der Waals surface area (Å²) in [6.07, 6.45) is 55.6. The van der Waals surface area contributed by atoms with Crippen LogP contribution in [0, 0.1) is 23.7 Å². The molecule has 4 unspecified atom stereocenters. The maximum absolute atomic E-state index is 13.1. The van der Waals surface area contributed by atoms with Gasteiger partial charge in [0.15, 0.2) is 12.2 Å². The van der Waals surface area contributed by atoms with E-state index in [2.05, 4.69) is 55.4 Å². The first kappa shape index (κ1) is 97.1. The van der Waals surface area contributed by atoms with Gasteiger partial charge >= 0.3 is 39.5 Å². The number of rotatable bonds is 77. The van der Waals surface area contributed by atoms with Gasteiger partial charge in [-0.15, -0.1) is 0 Å². The van der Waals surface area contributed by atoms with Crippen LogP contribution in [0.4, 0.5) is 0 Å². The molecule has 0 saturated carbocycles. The molecule has 3 N–H and O–H groups in total. The Bertz CT molecular complexity index is 1940. The molecule has 0 bridgehead atoms. The van der Waals surface area contributed by atoms with Crippen molar-refractivity contribution in [1.29, 1.82) is 0 Å². The molecule has 0 spiro atoms. The largest absolute Gasteiger partial charge is 0.472 e. The van der Waals surface area contributed by atoms with Crippen molar-refractivity contribution >= 4 is 39.5 Å². The fraction of sp³-hybridized carbons (Fsp3) is 0.950. The van der Waals surface area contributed by atoms with Crippen LogP contribution < -0.4 is 0 Å². The highest BCUT2D eigenvalue weighted by molar-refractivity contribution is 7.47. The van der Waals surface area contributed by atoms with Crippen molar-refractivity contribution in [1.82, 2.24) is 0 Å². The zero-order valence-electron chi connectivity index (χ0n) is 65.1. The van der Waals surface area contributed by atoms with Crippen molar-refractivity contribution in [2.45, 2.75) is 427 Å². The summed E-state index contributed by atoms with van der Waals surface area (Å²) in [6, 6.07) is 0. The van der Waals surface area contributed by atoms with Gasteiger partial charge in [0.1, 0.15) is 19.3 Å². The van der Waals surface area contributed by atoms with Crippen LogP contribution in [-0.2, 0) is 65.4 Å². The molecule has 0 aromatic carbocycles. The van der Waals surface area contributed by atoms with E-state index in [0.29, 0.717) is 31.6 Å². The lowest BCUT2D eigenvalue weighted by Gasteiger charge is -2.21. The highest BCUT2D eigenvalue weighted by Crippen LogP contribution is 2.45. The lowest BCUT2D eigenvalue weighted by molar-refractivity contribution is -0.161. The van der Waals surface area contributed by atoms with E-state index < -0.39 is 97.5 Å². The summed E-state index contributed by atoms with van der Waals surface area (Å²) < 4.78 is 68.7. The third kappa shape index (κ3) is 72.8. The van der Waals surface area contributed by atoms with E-state index in [1.165, 1.54) is 205 Å². The Labute approximate surface area is 607 Å². The Morgan fingerprint density at radius 2 is 0.485 bits per heavy atom. The Kier molecular flexibility index (Phi) is 67.8. The molecule has 6 atom stereocenters. The third-order valence-electron chi connectivity index (χ3n) is 18.9. The van der Waals surface area contributed by atoms with Crippen LogP contribution in [0.1, 0.15) is 409 Å². The molecule has 0 aromatic heterocycles. The normalized spacial score (nSPS) is 14.3. The van der Waals surface area contributed by atoms with Crippen molar-refractivity contribution in [3.05, 3.63) is 0 Å². The van der Waals surface area contributed by atoms with Crippen LogP contribution in [0.25, 0.3) is 0 Å². The molecule has 0 heterocycles. The molecular formula is C80H156O17P2. The van der Waals surface area contributed by atoms with Crippen LogP contribution >= 0.6 is 15.6 Å². The second-order valence-electron chi connectivity index (χ2n) is 30.5. The van der Waals surface area contributed by atoms with E-state index in [1.807, 2.05) is 0 Å². The van der Waals surface area contributed by atoms with Gasteiger partial charge < -0.3 is 33.8 Å². The van der Waals surface area contributed by atoms with Crippen LogP contribution in [0.2, 0.25) is 0 Å². The van der Waals surface area contributed by atoms with Gasteiger partial charge in [-0.3, -0.25) is 37.3 Å². The van der Waals surface area contributed by atoms with Crippen molar-refractivity contribution < 1.29 is 80.2 Å². The molecule has 0 aliphatic carbocycles. The first-order valence-corrected chi connectivity index (χ1v) is 44.2. The molecule has 0 aliphatic rings. The van der Waals surface area contributed by atoms with E-state index in [4.69, 9.17) is 37.0 Å². The predicted molar refractivity (Wildman–Crippen MR) is 404 cm³/mol. The monoisotopic (exact) mass is 1450 g/mol. The number of hydrogen-bond acceptors (Lipinski definition) is 15. The average Bonchev–Trinajstić information content (AvgIpc) is 1.55. The fourth-order valence-electron chi connectivity index (χ4n) is 12.2. The van der Waals surface area contributed by atoms with Crippen LogP contribution in [0.3, 0.4) is 0 Å². The Morgan fingerprint density at radius 3 is 0.717 bits per heavy atom. The number of phosphoric acid groups is 2. The minimum atomic E-state index is -4.96. The van der Waals surface area contributed by atoms with Crippen molar-refractivity contribution in [2.75, 3.05) is 39.6 Å². The van der Waals surface area contributed by atoms with Gasteiger partial charge in [-0.05, 0) is 49.4 Å². The molecule has 0 radical (unpaired) electrons. The summed E-state index contributed by atoms with van der Waals surface area (Å²) in [5, 5.41) is 10.6. The summed E-state index contributed by atoms with van der Waals surface area (Å²) >= 11 is 0. The molecule has 0 amide bonds. The van der Waals surface area contributed by atoms with Crippen LogP contribution in [0.15, 0.2) is 0 Å². The summed E-state index contributed by atoms with van der Waals surface area (Å²) in [5.41, 5.74) is 0. The molecule has 0 rings (SSSR count). The Balaban J connectivity index is 5.22. The van der Waals surface area contributed by atoms with E-state index in [-0.39, 0.29) is 25.7 Å². The zero-order valence-corrected chi connectivity index (χ0v) is 66.9. The van der Waals surface area contributed by atoms with E-state index in [0.717, 1.165) is 114 Å². The molecular weight excluding hydrogens is 1290 g/mol. The fourth-order valence-corrected chi connectivity index (χ4v) is 13.8. The van der Waals surface area contributed by atoms with Gasteiger partial charge in [0, 0.05) is 25.7 Å². The van der Waals surface area contributed by atoms with Gasteiger partial charge in [0.05, 0.1) is 26.4 Å². The lowest BCUT2D eigenvalue weighted by atomic mass is 9.99. The van der Waals surface area contributed by atoms with Gasteiger partial charge in [0.2, 0.25) is 0 Å². The van der Waals surface area contributed by atoms with Gasteiger partial charge in [0.25, 0.3) is 0 Å².